The molecule has 0 bridgehead atoms. The Hall–Kier alpha value is -1.09. The molecule has 19 heavy (non-hydrogen) atoms. The Morgan fingerprint density at radius 1 is 1.21 bits per heavy atom. The van der Waals surface area contributed by atoms with Crippen LogP contribution in [0.5, 0.6) is 5.75 Å². The Morgan fingerprint density at radius 2 is 2.00 bits per heavy atom. The smallest absolute Gasteiger partial charge is 0.168 e. The number of hydrogen-bond acceptors (Lipinski definition) is 2. The number of methoxy groups -OCH3 is 1. The van der Waals surface area contributed by atoms with Crippen LogP contribution in [0, 0.1) is 17.7 Å². The largest absolute Gasteiger partial charge is 0.494 e. The molecule has 104 valence electrons. The molecular weight excluding hydrogens is 241 g/mol. The molecule has 0 spiro atoms. The van der Waals surface area contributed by atoms with Crippen LogP contribution in [0.25, 0.3) is 0 Å². The minimum absolute atomic E-state index is 0.175. The molecule has 3 heteroatoms. The fourth-order valence-electron chi connectivity index (χ4n) is 2.94. The molecule has 2 unspecified atom stereocenters. The highest BCUT2D eigenvalue weighted by molar-refractivity contribution is 5.31. The molecule has 0 aromatic heterocycles. The first-order valence-electron chi connectivity index (χ1n) is 7.32. The van der Waals surface area contributed by atoms with E-state index in [0.717, 1.165) is 30.5 Å². The van der Waals surface area contributed by atoms with E-state index in [9.17, 15) is 4.39 Å². The van der Waals surface area contributed by atoms with Crippen LogP contribution in [0.4, 0.5) is 4.39 Å². The van der Waals surface area contributed by atoms with Crippen LogP contribution in [0.1, 0.15) is 31.2 Å². The molecule has 2 aliphatic carbocycles. The molecule has 2 atom stereocenters. The number of benzene rings is 1. The lowest BCUT2D eigenvalue weighted by Crippen LogP contribution is -2.37. The second kappa shape index (κ2) is 5.49. The summed E-state index contributed by atoms with van der Waals surface area (Å²) in [4.78, 5) is 0. The maximum atomic E-state index is 14.1. The third-order valence-electron chi connectivity index (χ3n) is 4.57. The number of halogens is 1. The van der Waals surface area contributed by atoms with Crippen molar-refractivity contribution in [3.05, 3.63) is 29.6 Å². The molecule has 0 saturated heterocycles. The van der Waals surface area contributed by atoms with Crippen LogP contribution in [0.2, 0.25) is 0 Å². The van der Waals surface area contributed by atoms with Crippen LogP contribution >= 0.6 is 0 Å². The molecule has 0 radical (unpaired) electrons. The molecule has 1 aromatic rings. The molecule has 1 N–H and O–H groups in total. The number of ether oxygens (including phenoxy) is 1. The lowest BCUT2D eigenvalue weighted by Gasteiger charge is -2.37. The lowest BCUT2D eigenvalue weighted by molar-refractivity contribution is 0.169. The Bertz CT molecular complexity index is 444. The number of rotatable bonds is 6. The van der Waals surface area contributed by atoms with Crippen molar-refractivity contribution >= 4 is 0 Å². The summed E-state index contributed by atoms with van der Waals surface area (Å²) in [6.07, 6.45) is 6.04. The first kappa shape index (κ1) is 12.9. The summed E-state index contributed by atoms with van der Waals surface area (Å²) in [6.45, 7) is 1.11. The van der Waals surface area contributed by atoms with E-state index in [-0.39, 0.29) is 5.82 Å². The topological polar surface area (TPSA) is 21.3 Å². The Kier molecular flexibility index (Phi) is 3.74. The standard InChI is InChI=1S/C16H22FNO/c1-19-15-4-2-3-12(16(15)17)9-11-5-6-13(11)10-18-14-7-8-14/h2-4,11,13-14,18H,5-10H2,1H3. The van der Waals surface area contributed by atoms with Gasteiger partial charge in [-0.2, -0.15) is 0 Å². The van der Waals surface area contributed by atoms with Gasteiger partial charge in [-0.05, 0) is 62.1 Å². The van der Waals surface area contributed by atoms with Gasteiger partial charge >= 0.3 is 0 Å². The third kappa shape index (κ3) is 2.92. The average molecular weight is 263 g/mol. The summed E-state index contributed by atoms with van der Waals surface area (Å²) < 4.78 is 19.1. The van der Waals surface area contributed by atoms with Gasteiger partial charge in [-0.15, -0.1) is 0 Å². The first-order valence-corrected chi connectivity index (χ1v) is 7.32. The van der Waals surface area contributed by atoms with Gasteiger partial charge in [-0.25, -0.2) is 4.39 Å². The Balaban J connectivity index is 1.58. The number of hydrogen-bond donors (Lipinski definition) is 1. The van der Waals surface area contributed by atoms with E-state index in [2.05, 4.69) is 5.32 Å². The maximum absolute atomic E-state index is 14.1. The monoisotopic (exact) mass is 263 g/mol. The van der Waals surface area contributed by atoms with E-state index in [0.29, 0.717) is 11.7 Å². The molecule has 2 nitrogen and oxygen atoms in total. The predicted octanol–water partition coefficient (Wildman–Crippen LogP) is 3.16. The molecular formula is C16H22FNO. The van der Waals surface area contributed by atoms with Crippen LogP contribution in [0.3, 0.4) is 0 Å². The van der Waals surface area contributed by atoms with Crippen LogP contribution < -0.4 is 10.1 Å². The van der Waals surface area contributed by atoms with Crippen molar-refractivity contribution in [3.8, 4) is 5.75 Å². The van der Waals surface area contributed by atoms with E-state index >= 15 is 0 Å². The molecule has 0 amide bonds. The molecule has 2 aliphatic rings. The molecule has 2 saturated carbocycles. The zero-order valence-corrected chi connectivity index (χ0v) is 11.5. The first-order chi connectivity index (χ1) is 9.28. The van der Waals surface area contributed by atoms with Gasteiger partial charge in [0.2, 0.25) is 0 Å². The normalized spacial score (nSPS) is 26.0. The highest BCUT2D eigenvalue weighted by atomic mass is 19.1. The maximum Gasteiger partial charge on any atom is 0.168 e. The second-order valence-electron chi connectivity index (χ2n) is 5.92. The summed E-state index contributed by atoms with van der Waals surface area (Å²) in [5.74, 6) is 1.55. The van der Waals surface area contributed by atoms with E-state index in [1.165, 1.54) is 32.8 Å². The van der Waals surface area contributed by atoms with Crippen LogP contribution in [0.15, 0.2) is 18.2 Å². The minimum atomic E-state index is -0.175. The van der Waals surface area contributed by atoms with Gasteiger partial charge in [-0.3, -0.25) is 0 Å². The Labute approximate surface area is 114 Å². The van der Waals surface area contributed by atoms with Crippen LogP contribution in [-0.2, 0) is 6.42 Å². The van der Waals surface area contributed by atoms with Crippen LogP contribution in [-0.4, -0.2) is 19.7 Å². The number of nitrogens with one attached hydrogen (secondary N) is 1. The van der Waals surface area contributed by atoms with Crippen molar-refractivity contribution in [2.75, 3.05) is 13.7 Å². The van der Waals surface area contributed by atoms with E-state index in [4.69, 9.17) is 4.74 Å². The summed E-state index contributed by atoms with van der Waals surface area (Å²) in [7, 11) is 1.52. The quantitative estimate of drug-likeness (QED) is 0.851. The summed E-state index contributed by atoms with van der Waals surface area (Å²) in [5.41, 5.74) is 0.806. The molecule has 1 aromatic carbocycles. The molecule has 3 rings (SSSR count). The second-order valence-corrected chi connectivity index (χ2v) is 5.92. The zero-order chi connectivity index (χ0) is 13.2. The van der Waals surface area contributed by atoms with Crippen molar-refractivity contribution in [2.24, 2.45) is 11.8 Å². The van der Waals surface area contributed by atoms with Gasteiger partial charge in [0.05, 0.1) is 7.11 Å². The van der Waals surface area contributed by atoms with Crippen molar-refractivity contribution in [2.45, 2.75) is 38.1 Å². The van der Waals surface area contributed by atoms with Gasteiger partial charge in [-0.1, -0.05) is 12.1 Å². The highest BCUT2D eigenvalue weighted by Gasteiger charge is 2.33. The predicted molar refractivity (Wildman–Crippen MR) is 73.9 cm³/mol. The van der Waals surface area contributed by atoms with E-state index in [1.807, 2.05) is 12.1 Å². The van der Waals surface area contributed by atoms with Gasteiger partial charge in [0.25, 0.3) is 0 Å². The lowest BCUT2D eigenvalue weighted by atomic mass is 9.70. The fraction of sp³-hybridized carbons (Fsp3) is 0.625. The molecule has 0 heterocycles. The van der Waals surface area contributed by atoms with Gasteiger partial charge in [0.1, 0.15) is 0 Å². The molecule has 2 fully saturated rings. The van der Waals surface area contributed by atoms with Crippen molar-refractivity contribution in [1.82, 2.24) is 5.32 Å². The van der Waals surface area contributed by atoms with Crippen molar-refractivity contribution in [1.29, 1.82) is 0 Å². The minimum Gasteiger partial charge on any atom is -0.494 e. The average Bonchev–Trinajstić information content (AvgIpc) is 3.20. The van der Waals surface area contributed by atoms with Crippen molar-refractivity contribution in [3.63, 3.8) is 0 Å². The Morgan fingerprint density at radius 3 is 2.63 bits per heavy atom. The molecule has 0 aliphatic heterocycles. The van der Waals surface area contributed by atoms with E-state index in [1.54, 1.807) is 6.07 Å². The fourth-order valence-corrected chi connectivity index (χ4v) is 2.94. The highest BCUT2D eigenvalue weighted by Crippen LogP contribution is 2.38. The van der Waals surface area contributed by atoms with Gasteiger partial charge < -0.3 is 10.1 Å². The zero-order valence-electron chi connectivity index (χ0n) is 11.5. The van der Waals surface area contributed by atoms with Crippen molar-refractivity contribution < 1.29 is 9.13 Å². The summed E-state index contributed by atoms with van der Waals surface area (Å²) in [5, 5.41) is 3.59. The SMILES string of the molecule is COc1cccc(CC2CCC2CNC2CC2)c1F. The summed E-state index contributed by atoms with van der Waals surface area (Å²) in [6, 6.07) is 6.23. The van der Waals surface area contributed by atoms with Gasteiger partial charge in [0.15, 0.2) is 11.6 Å². The van der Waals surface area contributed by atoms with E-state index < -0.39 is 0 Å². The third-order valence-corrected chi connectivity index (χ3v) is 4.57. The van der Waals surface area contributed by atoms with Gasteiger partial charge in [0, 0.05) is 6.04 Å². The summed E-state index contributed by atoms with van der Waals surface area (Å²) >= 11 is 0.